The summed E-state index contributed by atoms with van der Waals surface area (Å²) in [6.07, 6.45) is 2.25. The van der Waals surface area contributed by atoms with Gasteiger partial charge in [0.15, 0.2) is 0 Å². The summed E-state index contributed by atoms with van der Waals surface area (Å²) in [5, 5.41) is 8.99. The van der Waals surface area contributed by atoms with Gasteiger partial charge in [0.25, 0.3) is 0 Å². The molecule has 2 aromatic rings. The largest absolute Gasteiger partial charge is 0.497 e. The molecular weight excluding hydrogens is 384 g/mol. The topological polar surface area (TPSA) is 95.8 Å². The smallest absolute Gasteiger partial charge is 0.228 e. The Bertz CT molecular complexity index is 985. The van der Waals surface area contributed by atoms with Crippen LogP contribution in [-0.2, 0) is 9.59 Å². The van der Waals surface area contributed by atoms with Crippen molar-refractivity contribution < 1.29 is 19.1 Å². The lowest BCUT2D eigenvalue weighted by atomic mass is 10.1. The second kappa shape index (κ2) is 8.41. The number of benzene rings is 1. The summed E-state index contributed by atoms with van der Waals surface area (Å²) in [7, 11) is 1.59. The van der Waals surface area contributed by atoms with Crippen LogP contribution in [0.3, 0.4) is 0 Å². The molecule has 8 heteroatoms. The van der Waals surface area contributed by atoms with Crippen LogP contribution in [0.4, 0.5) is 5.69 Å². The minimum absolute atomic E-state index is 0.0239. The Hall–Kier alpha value is -3.60. The van der Waals surface area contributed by atoms with Gasteiger partial charge in [-0.3, -0.25) is 9.59 Å². The molecular formula is C22H22N4O4. The number of ether oxygens (including phenoxy) is 2. The Kier molecular flexibility index (Phi) is 5.53. The molecule has 2 unspecified atom stereocenters. The van der Waals surface area contributed by atoms with E-state index < -0.39 is 0 Å². The summed E-state index contributed by atoms with van der Waals surface area (Å²) in [6, 6.07) is 12.5. The van der Waals surface area contributed by atoms with Crippen molar-refractivity contribution in [2.75, 3.05) is 31.6 Å². The predicted octanol–water partition coefficient (Wildman–Crippen LogP) is 1.99. The SMILES string of the molecule is COc1ccc(N2CC(C(=O)N3CCC(Oc4cc(C#N)ccn4)C3)CC2=O)cc1. The van der Waals surface area contributed by atoms with Crippen LogP contribution in [0, 0.1) is 17.2 Å². The quantitative estimate of drug-likeness (QED) is 0.754. The third-order valence-corrected chi connectivity index (χ3v) is 5.47. The highest BCUT2D eigenvalue weighted by molar-refractivity contribution is 6.00. The molecule has 2 saturated heterocycles. The molecule has 30 heavy (non-hydrogen) atoms. The monoisotopic (exact) mass is 406 g/mol. The summed E-state index contributed by atoms with van der Waals surface area (Å²) in [5.41, 5.74) is 1.25. The van der Waals surface area contributed by atoms with Gasteiger partial charge in [-0.05, 0) is 30.3 Å². The number of methoxy groups -OCH3 is 1. The summed E-state index contributed by atoms with van der Waals surface area (Å²) < 4.78 is 11.0. The van der Waals surface area contributed by atoms with E-state index in [0.717, 1.165) is 11.4 Å². The Morgan fingerprint density at radius 3 is 2.77 bits per heavy atom. The van der Waals surface area contributed by atoms with Gasteiger partial charge in [-0.2, -0.15) is 5.26 Å². The minimum atomic E-state index is -0.363. The van der Waals surface area contributed by atoms with Gasteiger partial charge in [0.05, 0.1) is 31.2 Å². The van der Waals surface area contributed by atoms with Crippen LogP contribution in [0.1, 0.15) is 18.4 Å². The normalized spacial score (nSPS) is 20.9. The lowest BCUT2D eigenvalue weighted by Gasteiger charge is -2.21. The molecule has 2 fully saturated rings. The molecule has 2 amide bonds. The first-order valence-electron chi connectivity index (χ1n) is 9.83. The Balaban J connectivity index is 1.35. The van der Waals surface area contributed by atoms with Crippen LogP contribution in [-0.4, -0.2) is 54.5 Å². The number of pyridine rings is 1. The van der Waals surface area contributed by atoms with Gasteiger partial charge in [-0.15, -0.1) is 0 Å². The number of carbonyl (C=O) groups excluding carboxylic acids is 2. The molecule has 4 rings (SSSR count). The van der Waals surface area contributed by atoms with Gasteiger partial charge in [-0.25, -0.2) is 4.98 Å². The van der Waals surface area contributed by atoms with E-state index in [9.17, 15) is 9.59 Å². The van der Waals surface area contributed by atoms with E-state index in [0.29, 0.717) is 37.5 Å². The van der Waals surface area contributed by atoms with Gasteiger partial charge < -0.3 is 19.3 Å². The molecule has 8 nitrogen and oxygen atoms in total. The van der Waals surface area contributed by atoms with Gasteiger partial charge in [0, 0.05) is 43.9 Å². The van der Waals surface area contributed by atoms with Crippen LogP contribution >= 0.6 is 0 Å². The maximum Gasteiger partial charge on any atom is 0.228 e. The molecule has 154 valence electrons. The van der Waals surface area contributed by atoms with E-state index in [4.69, 9.17) is 14.7 Å². The zero-order chi connectivity index (χ0) is 21.1. The minimum Gasteiger partial charge on any atom is -0.497 e. The van der Waals surface area contributed by atoms with Crippen LogP contribution in [0.5, 0.6) is 11.6 Å². The first-order valence-corrected chi connectivity index (χ1v) is 9.83. The second-order valence-corrected chi connectivity index (χ2v) is 7.41. The van der Waals surface area contributed by atoms with Crippen LogP contribution in [0.15, 0.2) is 42.6 Å². The molecule has 0 N–H and O–H groups in total. The molecule has 2 aliphatic rings. The number of nitrogens with zero attached hydrogens (tertiary/aromatic N) is 4. The summed E-state index contributed by atoms with van der Waals surface area (Å²) in [4.78, 5) is 33.0. The highest BCUT2D eigenvalue weighted by atomic mass is 16.5. The molecule has 0 spiro atoms. The summed E-state index contributed by atoms with van der Waals surface area (Å²) in [5.74, 6) is 0.664. The number of nitriles is 1. The van der Waals surface area contributed by atoms with Crippen molar-refractivity contribution in [2.45, 2.75) is 18.9 Å². The number of carbonyl (C=O) groups is 2. The third kappa shape index (κ3) is 4.06. The molecule has 0 bridgehead atoms. The number of amides is 2. The predicted molar refractivity (Wildman–Crippen MR) is 108 cm³/mol. The van der Waals surface area contributed by atoms with Crippen molar-refractivity contribution in [1.29, 1.82) is 5.26 Å². The number of rotatable bonds is 5. The first-order chi connectivity index (χ1) is 14.6. The van der Waals surface area contributed by atoms with Crippen molar-refractivity contribution in [3.63, 3.8) is 0 Å². The molecule has 0 radical (unpaired) electrons. The van der Waals surface area contributed by atoms with E-state index in [-0.39, 0.29) is 30.3 Å². The van der Waals surface area contributed by atoms with Crippen molar-refractivity contribution >= 4 is 17.5 Å². The van der Waals surface area contributed by atoms with Crippen molar-refractivity contribution in [3.05, 3.63) is 48.2 Å². The van der Waals surface area contributed by atoms with Crippen molar-refractivity contribution in [2.24, 2.45) is 5.92 Å². The highest BCUT2D eigenvalue weighted by Crippen LogP contribution is 2.29. The van der Waals surface area contributed by atoms with Crippen LogP contribution in [0.25, 0.3) is 0 Å². The first kappa shape index (κ1) is 19.7. The maximum absolute atomic E-state index is 13.0. The number of hydrogen-bond donors (Lipinski definition) is 0. The maximum atomic E-state index is 13.0. The van der Waals surface area contributed by atoms with Crippen molar-refractivity contribution in [3.8, 4) is 17.7 Å². The fourth-order valence-electron chi connectivity index (χ4n) is 3.88. The number of likely N-dealkylation sites (tertiary alicyclic amines) is 1. The number of hydrogen-bond acceptors (Lipinski definition) is 6. The van der Waals surface area contributed by atoms with E-state index in [1.54, 1.807) is 41.2 Å². The standard InChI is InChI=1S/C22H22N4O4/c1-29-18-4-2-17(3-5-18)26-13-16(11-21(26)27)22(28)25-9-7-19(14-25)30-20-10-15(12-23)6-8-24-20/h2-6,8,10,16,19H,7,9,11,13-14H2,1H3. The second-order valence-electron chi connectivity index (χ2n) is 7.41. The van der Waals surface area contributed by atoms with Gasteiger partial charge in [-0.1, -0.05) is 0 Å². The Morgan fingerprint density at radius 1 is 1.23 bits per heavy atom. The molecule has 1 aromatic carbocycles. The molecule has 2 atom stereocenters. The third-order valence-electron chi connectivity index (χ3n) is 5.47. The Labute approximate surface area is 174 Å². The molecule has 2 aliphatic heterocycles. The lowest BCUT2D eigenvalue weighted by Crippen LogP contribution is -2.37. The van der Waals surface area contributed by atoms with Crippen LogP contribution in [0.2, 0.25) is 0 Å². The molecule has 3 heterocycles. The average molecular weight is 406 g/mol. The lowest BCUT2D eigenvalue weighted by molar-refractivity contribution is -0.135. The molecule has 1 aromatic heterocycles. The zero-order valence-corrected chi connectivity index (χ0v) is 16.7. The van der Waals surface area contributed by atoms with E-state index in [1.807, 2.05) is 12.1 Å². The summed E-state index contributed by atoms with van der Waals surface area (Å²) in [6.45, 7) is 1.40. The van der Waals surface area contributed by atoms with E-state index in [1.165, 1.54) is 6.20 Å². The fraction of sp³-hybridized carbons (Fsp3) is 0.364. The molecule has 0 aliphatic carbocycles. The van der Waals surface area contributed by atoms with Gasteiger partial charge in [0.2, 0.25) is 17.7 Å². The molecule has 0 saturated carbocycles. The number of anilines is 1. The highest BCUT2D eigenvalue weighted by Gasteiger charge is 2.39. The number of aromatic nitrogens is 1. The van der Waals surface area contributed by atoms with E-state index >= 15 is 0 Å². The average Bonchev–Trinajstić information content (AvgIpc) is 3.40. The van der Waals surface area contributed by atoms with Crippen LogP contribution < -0.4 is 14.4 Å². The summed E-state index contributed by atoms with van der Waals surface area (Å²) >= 11 is 0. The zero-order valence-electron chi connectivity index (χ0n) is 16.7. The van der Waals surface area contributed by atoms with Gasteiger partial charge >= 0.3 is 0 Å². The van der Waals surface area contributed by atoms with Gasteiger partial charge in [0.1, 0.15) is 11.9 Å². The van der Waals surface area contributed by atoms with E-state index in [2.05, 4.69) is 11.1 Å². The fourth-order valence-corrected chi connectivity index (χ4v) is 3.88. The van der Waals surface area contributed by atoms with Crippen molar-refractivity contribution in [1.82, 2.24) is 9.88 Å². The Morgan fingerprint density at radius 2 is 2.03 bits per heavy atom.